The van der Waals surface area contributed by atoms with E-state index in [2.05, 4.69) is 10.5 Å². The van der Waals surface area contributed by atoms with Gasteiger partial charge in [0.15, 0.2) is 0 Å². The van der Waals surface area contributed by atoms with Crippen LogP contribution in [0, 0.1) is 20.8 Å². The zero-order valence-electron chi connectivity index (χ0n) is 12.8. The Morgan fingerprint density at radius 1 is 1.27 bits per heavy atom. The Balaban J connectivity index is 1.98. The average molecular weight is 302 g/mol. The molecule has 0 radical (unpaired) electrons. The van der Waals surface area contributed by atoms with Crippen molar-refractivity contribution in [2.45, 2.75) is 33.6 Å². The summed E-state index contributed by atoms with van der Waals surface area (Å²) >= 11 is 0. The zero-order valence-corrected chi connectivity index (χ0v) is 12.8. The Kier molecular flexibility index (Phi) is 4.60. The summed E-state index contributed by atoms with van der Waals surface area (Å²) in [5.41, 5.74) is 3.18. The summed E-state index contributed by atoms with van der Waals surface area (Å²) in [7, 11) is 0. The number of rotatable bonds is 5. The lowest BCUT2D eigenvalue weighted by atomic mass is 10.1. The number of benzene rings is 1. The lowest BCUT2D eigenvalue weighted by Crippen LogP contribution is -2.13. The molecule has 0 unspecified atom stereocenters. The van der Waals surface area contributed by atoms with Crippen molar-refractivity contribution >= 4 is 17.6 Å². The third kappa shape index (κ3) is 3.52. The number of aryl methyl sites for hydroxylation is 3. The highest BCUT2D eigenvalue weighted by molar-refractivity contribution is 5.93. The first-order chi connectivity index (χ1) is 10.4. The smallest absolute Gasteiger partial charge is 0.335 e. The van der Waals surface area contributed by atoms with Crippen LogP contribution in [0.15, 0.2) is 22.7 Å². The monoisotopic (exact) mass is 302 g/mol. The van der Waals surface area contributed by atoms with Gasteiger partial charge in [-0.05, 0) is 51.0 Å². The molecule has 0 bridgehead atoms. The number of nitrogens with one attached hydrogen (secondary N) is 1. The summed E-state index contributed by atoms with van der Waals surface area (Å²) in [6.45, 7) is 5.36. The van der Waals surface area contributed by atoms with Crippen LogP contribution in [-0.4, -0.2) is 22.1 Å². The van der Waals surface area contributed by atoms with Crippen molar-refractivity contribution < 1.29 is 19.2 Å². The van der Waals surface area contributed by atoms with Gasteiger partial charge in [0.1, 0.15) is 5.76 Å². The maximum absolute atomic E-state index is 12.0. The molecule has 2 rings (SSSR count). The van der Waals surface area contributed by atoms with Gasteiger partial charge in [-0.3, -0.25) is 4.79 Å². The molecule has 22 heavy (non-hydrogen) atoms. The van der Waals surface area contributed by atoms with Crippen LogP contribution < -0.4 is 5.32 Å². The van der Waals surface area contributed by atoms with E-state index in [1.807, 2.05) is 13.8 Å². The van der Waals surface area contributed by atoms with Crippen LogP contribution in [-0.2, 0) is 11.2 Å². The maximum atomic E-state index is 12.0. The molecule has 0 atom stereocenters. The van der Waals surface area contributed by atoms with Gasteiger partial charge in [0.25, 0.3) is 0 Å². The van der Waals surface area contributed by atoms with Gasteiger partial charge < -0.3 is 14.9 Å². The molecule has 1 heterocycles. The summed E-state index contributed by atoms with van der Waals surface area (Å²) < 4.78 is 5.06. The first kappa shape index (κ1) is 15.8. The average Bonchev–Trinajstić information content (AvgIpc) is 2.75. The fraction of sp³-hybridized carbons (Fsp3) is 0.312. The minimum Gasteiger partial charge on any atom is -0.478 e. The molecule has 2 aromatic rings. The van der Waals surface area contributed by atoms with E-state index in [4.69, 9.17) is 9.63 Å². The Labute approximate surface area is 128 Å². The fourth-order valence-electron chi connectivity index (χ4n) is 2.30. The number of anilines is 1. The maximum Gasteiger partial charge on any atom is 0.335 e. The van der Waals surface area contributed by atoms with E-state index in [1.54, 1.807) is 19.1 Å². The van der Waals surface area contributed by atoms with Gasteiger partial charge in [-0.15, -0.1) is 0 Å². The molecule has 6 nitrogen and oxygen atoms in total. The molecule has 0 aliphatic heterocycles. The van der Waals surface area contributed by atoms with Gasteiger partial charge in [0.05, 0.1) is 11.3 Å². The van der Waals surface area contributed by atoms with Crippen LogP contribution in [0.1, 0.15) is 39.4 Å². The molecule has 0 aliphatic rings. The number of carboxylic acid groups (broad SMARTS) is 1. The quantitative estimate of drug-likeness (QED) is 0.886. The van der Waals surface area contributed by atoms with Crippen molar-refractivity contribution in [3.63, 3.8) is 0 Å². The number of carbonyl (C=O) groups excluding carboxylic acids is 1. The lowest BCUT2D eigenvalue weighted by Gasteiger charge is -2.08. The molecular formula is C16H18N2O4. The van der Waals surface area contributed by atoms with Gasteiger partial charge in [-0.2, -0.15) is 0 Å². The highest BCUT2D eigenvalue weighted by Gasteiger charge is 2.12. The minimum absolute atomic E-state index is 0.137. The van der Waals surface area contributed by atoms with Crippen molar-refractivity contribution in [2.24, 2.45) is 0 Å². The molecule has 1 aromatic heterocycles. The second-order valence-corrected chi connectivity index (χ2v) is 5.19. The molecule has 6 heteroatoms. The summed E-state index contributed by atoms with van der Waals surface area (Å²) in [4.78, 5) is 22.9. The topological polar surface area (TPSA) is 92.4 Å². The number of aromatic nitrogens is 1. The number of hydrogen-bond acceptors (Lipinski definition) is 4. The predicted molar refractivity (Wildman–Crippen MR) is 81.1 cm³/mol. The van der Waals surface area contributed by atoms with E-state index in [-0.39, 0.29) is 11.5 Å². The van der Waals surface area contributed by atoms with E-state index in [0.717, 1.165) is 17.0 Å². The van der Waals surface area contributed by atoms with Crippen LogP contribution in [0.3, 0.4) is 0 Å². The highest BCUT2D eigenvalue weighted by Crippen LogP contribution is 2.17. The number of aromatic carboxylic acids is 1. The molecule has 2 N–H and O–H groups in total. The van der Waals surface area contributed by atoms with Gasteiger partial charge in [0, 0.05) is 17.7 Å². The van der Waals surface area contributed by atoms with Crippen LogP contribution in [0.2, 0.25) is 0 Å². The Morgan fingerprint density at radius 3 is 2.55 bits per heavy atom. The standard InChI is InChI=1S/C16H18N2O4/c1-9-8-12(4-5-13(9)16(20)21)17-15(19)7-6-14-10(2)18-22-11(14)3/h4-5,8H,6-7H2,1-3H3,(H,17,19)(H,20,21). The summed E-state index contributed by atoms with van der Waals surface area (Å²) in [6.07, 6.45) is 0.863. The molecule has 1 amide bonds. The van der Waals surface area contributed by atoms with E-state index in [0.29, 0.717) is 24.1 Å². The summed E-state index contributed by atoms with van der Waals surface area (Å²) in [5.74, 6) is -0.386. The SMILES string of the molecule is Cc1cc(NC(=O)CCc2c(C)noc2C)ccc1C(=O)O. The van der Waals surface area contributed by atoms with Crippen molar-refractivity contribution in [2.75, 3.05) is 5.32 Å². The fourth-order valence-corrected chi connectivity index (χ4v) is 2.30. The zero-order chi connectivity index (χ0) is 16.3. The molecule has 116 valence electrons. The number of amides is 1. The van der Waals surface area contributed by atoms with Gasteiger partial charge in [0.2, 0.25) is 5.91 Å². The summed E-state index contributed by atoms with van der Waals surface area (Å²) in [5, 5.41) is 15.6. The molecule has 0 aliphatic carbocycles. The second kappa shape index (κ2) is 6.43. The second-order valence-electron chi connectivity index (χ2n) is 5.19. The van der Waals surface area contributed by atoms with E-state index in [1.165, 1.54) is 6.07 Å². The van der Waals surface area contributed by atoms with Crippen LogP contribution >= 0.6 is 0 Å². The first-order valence-electron chi connectivity index (χ1n) is 6.94. The van der Waals surface area contributed by atoms with Gasteiger partial charge >= 0.3 is 5.97 Å². The molecule has 1 aromatic carbocycles. The third-order valence-electron chi connectivity index (χ3n) is 3.52. The van der Waals surface area contributed by atoms with Crippen LogP contribution in [0.25, 0.3) is 0 Å². The van der Waals surface area contributed by atoms with Gasteiger partial charge in [-0.25, -0.2) is 4.79 Å². The van der Waals surface area contributed by atoms with Crippen molar-refractivity contribution in [1.82, 2.24) is 5.16 Å². The van der Waals surface area contributed by atoms with E-state index < -0.39 is 5.97 Å². The van der Waals surface area contributed by atoms with E-state index >= 15 is 0 Å². The van der Waals surface area contributed by atoms with Gasteiger partial charge in [-0.1, -0.05) is 5.16 Å². The number of hydrogen-bond donors (Lipinski definition) is 2. The predicted octanol–water partition coefficient (Wildman–Crippen LogP) is 2.87. The van der Waals surface area contributed by atoms with Crippen molar-refractivity contribution in [3.05, 3.63) is 46.3 Å². The molecule has 0 saturated carbocycles. The van der Waals surface area contributed by atoms with Crippen LogP contribution in [0.5, 0.6) is 0 Å². The Morgan fingerprint density at radius 2 is 2.00 bits per heavy atom. The Bertz CT molecular complexity index is 699. The number of carboxylic acids is 1. The Hall–Kier alpha value is -2.63. The molecule has 0 spiro atoms. The molecule has 0 saturated heterocycles. The largest absolute Gasteiger partial charge is 0.478 e. The van der Waals surface area contributed by atoms with E-state index in [9.17, 15) is 9.59 Å². The normalized spacial score (nSPS) is 10.5. The van der Waals surface area contributed by atoms with Crippen LogP contribution in [0.4, 0.5) is 5.69 Å². The molecular weight excluding hydrogens is 284 g/mol. The molecule has 0 fully saturated rings. The lowest BCUT2D eigenvalue weighted by molar-refractivity contribution is -0.116. The van der Waals surface area contributed by atoms with Crippen molar-refractivity contribution in [3.8, 4) is 0 Å². The minimum atomic E-state index is -0.978. The first-order valence-corrected chi connectivity index (χ1v) is 6.94. The number of carbonyl (C=O) groups is 2. The van der Waals surface area contributed by atoms with Crippen molar-refractivity contribution in [1.29, 1.82) is 0 Å². The highest BCUT2D eigenvalue weighted by atomic mass is 16.5. The third-order valence-corrected chi connectivity index (χ3v) is 3.52. The number of nitrogens with zero attached hydrogens (tertiary/aromatic N) is 1. The summed E-state index contributed by atoms with van der Waals surface area (Å²) in [6, 6.07) is 4.73.